The Morgan fingerprint density at radius 2 is 0.462 bits per heavy atom. The lowest BCUT2D eigenvalue weighted by Crippen LogP contribution is -2.90. The summed E-state index contributed by atoms with van der Waals surface area (Å²) >= 11 is 0. The molecule has 18 fully saturated rings. The van der Waals surface area contributed by atoms with Gasteiger partial charge in [0.15, 0.2) is 51.0 Å². The lowest BCUT2D eigenvalue weighted by molar-refractivity contribution is -0.431. The van der Waals surface area contributed by atoms with E-state index in [-0.39, 0.29) is 106 Å². The summed E-state index contributed by atoms with van der Waals surface area (Å²) in [5.41, 5.74) is -43.2. The van der Waals surface area contributed by atoms with Crippen LogP contribution in [0.3, 0.4) is 0 Å². The number of rotatable bonds is 3. The summed E-state index contributed by atoms with van der Waals surface area (Å²) in [6.07, 6.45) is 0.973. The van der Waals surface area contributed by atoms with Gasteiger partial charge < -0.3 is 170 Å². The van der Waals surface area contributed by atoms with Crippen LogP contribution in [-0.2, 0) is 28.4 Å². The minimum absolute atomic E-state index is 0. The molecule has 33 nitrogen and oxygen atoms in total. The van der Waals surface area contributed by atoms with Crippen molar-refractivity contribution >= 4 is 0 Å². The normalized spacial score (nSPS) is 68.5. The number of hydrogen-bond acceptors (Lipinski definition) is 24. The van der Waals surface area contributed by atoms with E-state index >= 15 is 0 Å². The zero-order chi connectivity index (χ0) is 62.3. The second-order valence-corrected chi connectivity index (χ2v) is 33.3. The number of hydrogen-bond donors (Lipinski definition) is 18. The molecule has 12 saturated carbocycles. The minimum Gasteiger partial charge on any atom is -0.412 e. The van der Waals surface area contributed by atoms with Crippen molar-refractivity contribution in [3.05, 3.63) is 0 Å². The molecule has 33 heteroatoms. The topological polar surface area (TPSA) is 703 Å². The molecule has 93 heavy (non-hydrogen) atoms. The van der Waals surface area contributed by atoms with Crippen molar-refractivity contribution in [2.24, 2.45) is 69.5 Å². The Labute approximate surface area is 534 Å². The second-order valence-electron chi connectivity index (χ2n) is 33.3. The van der Waals surface area contributed by atoms with E-state index in [1.54, 1.807) is 41.5 Å². The van der Waals surface area contributed by atoms with Crippen molar-refractivity contribution in [1.82, 2.24) is 0 Å². The molecule has 18 rings (SSSR count). The van der Waals surface area contributed by atoms with Gasteiger partial charge in [0.25, 0.3) is 0 Å². The molecular formula is C60H108O33. The fourth-order valence-corrected chi connectivity index (χ4v) is 27.9. The van der Waals surface area contributed by atoms with Crippen LogP contribution in [0.2, 0.25) is 0 Å². The molecule has 18 aliphatic rings. The Bertz CT molecular complexity index is 2890. The van der Waals surface area contributed by atoms with E-state index in [1.807, 2.05) is 41.5 Å². The number of ether oxygens (including phenoxy) is 6. The third kappa shape index (κ3) is 5.03. The fraction of sp³-hybridized carbons (Fsp3) is 1.00. The Kier molecular flexibility index (Phi) is 15.1. The quantitative estimate of drug-likeness (QED) is 0.125. The third-order valence-electron chi connectivity index (χ3n) is 31.7. The maximum Gasteiger partial charge on any atom is 0.207 e. The van der Waals surface area contributed by atoms with Crippen LogP contribution in [0.1, 0.15) is 162 Å². The van der Waals surface area contributed by atoms with E-state index in [0.717, 1.165) is 0 Å². The molecule has 0 spiro atoms. The molecule has 0 radical (unpaired) electrons. The van der Waals surface area contributed by atoms with Gasteiger partial charge in [-0.3, -0.25) is 0 Å². The lowest BCUT2D eigenvalue weighted by Gasteiger charge is -2.69. The molecule has 18 bridgehead atoms. The smallest absolute Gasteiger partial charge is 0.207 e. The molecule has 0 amide bonds. The predicted octanol–water partition coefficient (Wildman–Crippen LogP) is -10.5. The van der Waals surface area contributed by atoms with Gasteiger partial charge in [-0.1, -0.05) is 83.1 Å². The standard InChI is InChI=1S/3C20H30O8.9H2O/c3*1-9(2)14-8-16(22)12(4)11-18(24,17(23)10(3)6-7-15(12,17)21)20(16,26)13(5,27-14)19(11,25)28-14;;;;;;;;;/h3*9-11,21-26H,6-8H2,1-5H3;9*1H2/t3*10-,11-,12+,13-,14-,15+,16-,17+,18+,19-,20-;;;;;;;;;/m111........./s1. The molecule has 0 aromatic heterocycles. The van der Waals surface area contributed by atoms with Gasteiger partial charge in [0.05, 0.1) is 17.8 Å². The molecular weight excluding hydrogens is 1250 g/mol. The molecule has 6 heterocycles. The SMILES string of the molecule is CC(C)[C@]12C[C@@]3(O)[C@@]4(C)[C@@H]5[C@](O)([C@]6(O)[C@H](C)CC[C@]46O)[C@@]3(O)[C@](C)(O1)[C@]5(O)O2.CC(C)[C@]12C[C@@]3(O)[C@@]4(C)[C@@H]5[C@](O)([C@]6(O)[C@H](C)CC[C@]46O)[C@@]3(O)[C@](C)(O1)[C@]5(O)O2.CC(C)[C@]12C[C@@]3(O)[C@@]4(C)[C@@H]5[C@](O)([C@]6(O)[C@H](C)CC[C@]46O)[C@@]3(O)[C@](C)(O1)[C@]5(O)O2.O.O.O.O.O.O.O.O.O. The van der Waals surface area contributed by atoms with E-state index in [9.17, 15) is 91.9 Å². The highest BCUT2D eigenvalue weighted by atomic mass is 16.9. The third-order valence-corrected chi connectivity index (χ3v) is 31.7. The van der Waals surface area contributed by atoms with Gasteiger partial charge in [0.1, 0.15) is 67.2 Å². The highest BCUT2D eigenvalue weighted by Crippen LogP contribution is 2.96. The predicted molar refractivity (Wildman–Crippen MR) is 310 cm³/mol. The van der Waals surface area contributed by atoms with Crippen LogP contribution in [-0.4, -0.2) is 277 Å². The molecule has 12 aliphatic carbocycles. The summed E-state index contributed by atoms with van der Waals surface area (Å²) in [4.78, 5) is 0. The Morgan fingerprint density at radius 1 is 0.280 bits per heavy atom. The van der Waals surface area contributed by atoms with Gasteiger partial charge in [-0.05, 0) is 77.0 Å². The van der Waals surface area contributed by atoms with Crippen LogP contribution in [0.15, 0.2) is 0 Å². The van der Waals surface area contributed by atoms with Crippen molar-refractivity contribution in [1.29, 1.82) is 0 Å². The molecule has 546 valence electrons. The van der Waals surface area contributed by atoms with Crippen LogP contribution in [0, 0.1) is 69.5 Å². The summed E-state index contributed by atoms with van der Waals surface area (Å²) in [5.74, 6) is -17.2. The molecule has 0 aromatic rings. The Balaban J connectivity index is 0.000000188. The molecule has 6 aliphatic heterocycles. The molecule has 0 unspecified atom stereocenters. The highest BCUT2D eigenvalue weighted by molar-refractivity contribution is 5.62. The molecule has 33 atom stereocenters. The van der Waals surface area contributed by atoms with Gasteiger partial charge in [-0.2, -0.15) is 0 Å². The summed E-state index contributed by atoms with van der Waals surface area (Å²) in [7, 11) is 0. The van der Waals surface area contributed by atoms with Crippen LogP contribution in [0.5, 0.6) is 0 Å². The summed E-state index contributed by atoms with van der Waals surface area (Å²) in [5, 5.41) is 216. The average molecular weight is 1360 g/mol. The largest absolute Gasteiger partial charge is 0.412 e. The molecule has 6 saturated heterocycles. The van der Waals surface area contributed by atoms with E-state index < -0.39 is 187 Å². The van der Waals surface area contributed by atoms with E-state index in [0.29, 0.717) is 19.3 Å². The zero-order valence-electron chi connectivity index (χ0n) is 55.1. The van der Waals surface area contributed by atoms with Gasteiger partial charge in [0, 0.05) is 53.3 Å². The Morgan fingerprint density at radius 3 is 0.634 bits per heavy atom. The summed E-state index contributed by atoms with van der Waals surface area (Å²) in [6, 6.07) is 0. The van der Waals surface area contributed by atoms with Crippen LogP contribution in [0.4, 0.5) is 0 Å². The van der Waals surface area contributed by atoms with Gasteiger partial charge in [0.2, 0.25) is 17.4 Å². The van der Waals surface area contributed by atoms with Crippen molar-refractivity contribution in [2.75, 3.05) is 0 Å². The summed E-state index contributed by atoms with van der Waals surface area (Å²) < 4.78 is 36.9. The first-order valence-corrected chi connectivity index (χ1v) is 30.9. The fourth-order valence-electron chi connectivity index (χ4n) is 27.9. The van der Waals surface area contributed by atoms with Gasteiger partial charge >= 0.3 is 0 Å². The van der Waals surface area contributed by atoms with Gasteiger partial charge in [-0.15, -0.1) is 0 Å². The minimum atomic E-state index is -2.43. The van der Waals surface area contributed by atoms with Crippen molar-refractivity contribution in [3.63, 3.8) is 0 Å². The number of aliphatic hydroxyl groups is 18. The molecule has 0 aromatic carbocycles. The van der Waals surface area contributed by atoms with Crippen LogP contribution >= 0.6 is 0 Å². The van der Waals surface area contributed by atoms with Crippen molar-refractivity contribution < 1.29 is 170 Å². The number of fused-ring (bicyclic) bond motifs is 12. The Hall–Kier alpha value is -1.32. The zero-order valence-corrected chi connectivity index (χ0v) is 55.1. The second kappa shape index (κ2) is 17.8. The monoisotopic (exact) mass is 1360 g/mol. The van der Waals surface area contributed by atoms with E-state index in [1.165, 1.54) is 20.8 Å². The summed E-state index contributed by atoms with van der Waals surface area (Å²) in [6.45, 7) is 25.1. The highest BCUT2D eigenvalue weighted by Gasteiger charge is 3.16. The lowest BCUT2D eigenvalue weighted by atomic mass is 9.44. The van der Waals surface area contributed by atoms with Crippen LogP contribution in [0.25, 0.3) is 0 Å². The van der Waals surface area contributed by atoms with Gasteiger partial charge in [-0.25, -0.2) is 0 Å². The van der Waals surface area contributed by atoms with Crippen molar-refractivity contribution in [2.45, 2.75) is 297 Å². The maximum atomic E-state index is 12.1. The first kappa shape index (κ1) is 79.0. The first-order valence-electron chi connectivity index (χ1n) is 30.9. The average Bonchev–Trinajstić information content (AvgIpc) is 1.40. The first-order chi connectivity index (χ1) is 37.7. The van der Waals surface area contributed by atoms with E-state index in [4.69, 9.17) is 28.4 Å². The molecule has 36 N–H and O–H groups in total. The van der Waals surface area contributed by atoms with Crippen molar-refractivity contribution in [3.8, 4) is 0 Å². The van der Waals surface area contributed by atoms with Crippen LogP contribution < -0.4 is 0 Å². The van der Waals surface area contributed by atoms with E-state index in [2.05, 4.69) is 0 Å². The maximum absolute atomic E-state index is 12.1.